The normalized spacial score (nSPS) is 11.9. The predicted molar refractivity (Wildman–Crippen MR) is 76.3 cm³/mol. The van der Waals surface area contributed by atoms with Crippen LogP contribution in [-0.4, -0.2) is 18.7 Å². The molecule has 0 aliphatic rings. The zero-order chi connectivity index (χ0) is 13.9. The fourth-order valence-corrected chi connectivity index (χ4v) is 1.76. The Morgan fingerprint density at radius 1 is 1.11 bits per heavy atom. The summed E-state index contributed by atoms with van der Waals surface area (Å²) in [6.07, 6.45) is 4.52. The minimum absolute atomic E-state index is 0.261. The van der Waals surface area contributed by atoms with E-state index in [1.807, 2.05) is 37.3 Å². The summed E-state index contributed by atoms with van der Waals surface area (Å²) in [6, 6.07) is 9.38. The summed E-state index contributed by atoms with van der Waals surface area (Å²) in [5, 5.41) is 0. The third kappa shape index (κ3) is 6.27. The maximum absolute atomic E-state index is 11.9. The number of hydrogen-bond donors (Lipinski definition) is 0. The molecule has 0 radical (unpaired) electrons. The van der Waals surface area contributed by atoms with Gasteiger partial charge in [-0.2, -0.15) is 0 Å². The van der Waals surface area contributed by atoms with Crippen LogP contribution in [0, 0.1) is 0 Å². The van der Waals surface area contributed by atoms with Crippen LogP contribution in [0.15, 0.2) is 30.3 Å². The number of para-hydroxylation sites is 1. The SMILES string of the molecule is CCCCCCOC(=O)C(CC)Oc1ccccc1. The van der Waals surface area contributed by atoms with Crippen molar-refractivity contribution in [2.45, 2.75) is 52.1 Å². The van der Waals surface area contributed by atoms with Crippen LogP contribution in [0.25, 0.3) is 0 Å². The average Bonchev–Trinajstić information content (AvgIpc) is 2.45. The van der Waals surface area contributed by atoms with Crippen molar-refractivity contribution >= 4 is 5.97 Å². The summed E-state index contributed by atoms with van der Waals surface area (Å²) in [4.78, 5) is 11.9. The topological polar surface area (TPSA) is 35.5 Å². The summed E-state index contributed by atoms with van der Waals surface area (Å²) >= 11 is 0. The maximum Gasteiger partial charge on any atom is 0.347 e. The highest BCUT2D eigenvalue weighted by atomic mass is 16.6. The molecule has 0 amide bonds. The number of rotatable bonds is 9. The lowest BCUT2D eigenvalue weighted by Crippen LogP contribution is -2.29. The third-order valence-corrected chi connectivity index (χ3v) is 2.90. The summed E-state index contributed by atoms with van der Waals surface area (Å²) in [5.74, 6) is 0.445. The molecule has 3 heteroatoms. The molecule has 0 spiro atoms. The molecule has 106 valence electrons. The van der Waals surface area contributed by atoms with E-state index >= 15 is 0 Å². The van der Waals surface area contributed by atoms with Crippen LogP contribution in [-0.2, 0) is 9.53 Å². The first-order valence-corrected chi connectivity index (χ1v) is 7.16. The molecule has 1 unspecified atom stereocenters. The molecular formula is C16H24O3. The number of unbranched alkanes of at least 4 members (excludes halogenated alkanes) is 3. The molecular weight excluding hydrogens is 240 g/mol. The first-order chi connectivity index (χ1) is 9.27. The minimum atomic E-state index is -0.506. The molecule has 1 aromatic rings. The molecule has 0 saturated heterocycles. The van der Waals surface area contributed by atoms with Gasteiger partial charge in [0.1, 0.15) is 5.75 Å². The van der Waals surface area contributed by atoms with Crippen LogP contribution in [0.3, 0.4) is 0 Å². The van der Waals surface area contributed by atoms with Crippen molar-refractivity contribution in [3.63, 3.8) is 0 Å². The van der Waals surface area contributed by atoms with E-state index < -0.39 is 6.10 Å². The van der Waals surface area contributed by atoms with Crippen molar-refractivity contribution in [1.82, 2.24) is 0 Å². The van der Waals surface area contributed by atoms with Crippen molar-refractivity contribution in [3.8, 4) is 5.75 Å². The number of benzene rings is 1. The van der Waals surface area contributed by atoms with E-state index in [4.69, 9.17) is 9.47 Å². The fraction of sp³-hybridized carbons (Fsp3) is 0.562. The second kappa shape index (κ2) is 9.42. The van der Waals surface area contributed by atoms with E-state index in [0.717, 1.165) is 12.8 Å². The molecule has 0 aromatic heterocycles. The molecule has 1 rings (SSSR count). The van der Waals surface area contributed by atoms with Gasteiger partial charge in [-0.1, -0.05) is 51.3 Å². The van der Waals surface area contributed by atoms with Gasteiger partial charge in [-0.25, -0.2) is 4.79 Å². The molecule has 19 heavy (non-hydrogen) atoms. The van der Waals surface area contributed by atoms with Crippen LogP contribution in [0.2, 0.25) is 0 Å². The Labute approximate surface area is 115 Å². The highest BCUT2D eigenvalue weighted by Crippen LogP contribution is 2.13. The monoisotopic (exact) mass is 264 g/mol. The quantitative estimate of drug-likeness (QED) is 0.500. The Hall–Kier alpha value is -1.51. The van der Waals surface area contributed by atoms with Gasteiger partial charge in [0.2, 0.25) is 0 Å². The second-order valence-electron chi connectivity index (χ2n) is 4.56. The van der Waals surface area contributed by atoms with Crippen LogP contribution in [0.1, 0.15) is 46.0 Å². The number of carbonyl (C=O) groups excluding carboxylic acids is 1. The Balaban J connectivity index is 2.31. The Bertz CT molecular complexity index is 348. The van der Waals surface area contributed by atoms with Gasteiger partial charge in [0.15, 0.2) is 6.10 Å². The van der Waals surface area contributed by atoms with Crippen molar-refractivity contribution in [1.29, 1.82) is 0 Å². The van der Waals surface area contributed by atoms with Gasteiger partial charge in [0, 0.05) is 0 Å². The molecule has 0 aliphatic heterocycles. The fourth-order valence-electron chi connectivity index (χ4n) is 1.76. The predicted octanol–water partition coefficient (Wildman–Crippen LogP) is 3.97. The molecule has 0 saturated carbocycles. The maximum atomic E-state index is 11.9. The molecule has 0 N–H and O–H groups in total. The van der Waals surface area contributed by atoms with Gasteiger partial charge < -0.3 is 9.47 Å². The van der Waals surface area contributed by atoms with Gasteiger partial charge in [-0.15, -0.1) is 0 Å². The van der Waals surface area contributed by atoms with E-state index in [0.29, 0.717) is 18.8 Å². The number of hydrogen-bond acceptors (Lipinski definition) is 3. The Morgan fingerprint density at radius 3 is 2.47 bits per heavy atom. The smallest absolute Gasteiger partial charge is 0.347 e. The molecule has 0 heterocycles. The van der Waals surface area contributed by atoms with Crippen molar-refractivity contribution in [2.75, 3.05) is 6.61 Å². The van der Waals surface area contributed by atoms with Gasteiger partial charge in [0.05, 0.1) is 6.61 Å². The summed E-state index contributed by atoms with van der Waals surface area (Å²) in [7, 11) is 0. The van der Waals surface area contributed by atoms with Crippen molar-refractivity contribution in [3.05, 3.63) is 30.3 Å². The lowest BCUT2D eigenvalue weighted by atomic mass is 10.2. The molecule has 0 fully saturated rings. The van der Waals surface area contributed by atoms with Crippen LogP contribution < -0.4 is 4.74 Å². The number of carbonyl (C=O) groups is 1. The molecule has 3 nitrogen and oxygen atoms in total. The molecule has 1 aromatic carbocycles. The standard InChI is InChI=1S/C16H24O3/c1-3-5-6-10-13-18-16(17)15(4-2)19-14-11-8-7-9-12-14/h7-9,11-12,15H,3-6,10,13H2,1-2H3. The largest absolute Gasteiger partial charge is 0.479 e. The lowest BCUT2D eigenvalue weighted by Gasteiger charge is -2.16. The van der Waals surface area contributed by atoms with Crippen LogP contribution >= 0.6 is 0 Å². The van der Waals surface area contributed by atoms with Gasteiger partial charge >= 0.3 is 5.97 Å². The zero-order valence-electron chi connectivity index (χ0n) is 11.9. The number of esters is 1. The average molecular weight is 264 g/mol. The van der Waals surface area contributed by atoms with E-state index in [-0.39, 0.29) is 5.97 Å². The van der Waals surface area contributed by atoms with Gasteiger partial charge in [0.25, 0.3) is 0 Å². The molecule has 0 aliphatic carbocycles. The minimum Gasteiger partial charge on any atom is -0.479 e. The Kier molecular flexibility index (Phi) is 7.71. The van der Waals surface area contributed by atoms with Gasteiger partial charge in [-0.3, -0.25) is 0 Å². The van der Waals surface area contributed by atoms with Crippen molar-refractivity contribution in [2.24, 2.45) is 0 Å². The first kappa shape index (κ1) is 15.5. The molecule has 1 atom stereocenters. The van der Waals surface area contributed by atoms with E-state index in [9.17, 15) is 4.79 Å². The zero-order valence-corrected chi connectivity index (χ0v) is 11.9. The third-order valence-electron chi connectivity index (χ3n) is 2.90. The highest BCUT2D eigenvalue weighted by molar-refractivity contribution is 5.75. The van der Waals surface area contributed by atoms with Gasteiger partial charge in [-0.05, 0) is 25.0 Å². The second-order valence-corrected chi connectivity index (χ2v) is 4.56. The summed E-state index contributed by atoms with van der Waals surface area (Å²) in [6.45, 7) is 4.58. The summed E-state index contributed by atoms with van der Waals surface area (Å²) < 4.78 is 10.9. The summed E-state index contributed by atoms with van der Waals surface area (Å²) in [5.41, 5.74) is 0. The first-order valence-electron chi connectivity index (χ1n) is 7.16. The van der Waals surface area contributed by atoms with E-state index in [1.54, 1.807) is 0 Å². The van der Waals surface area contributed by atoms with E-state index in [1.165, 1.54) is 12.8 Å². The lowest BCUT2D eigenvalue weighted by molar-refractivity contribution is -0.152. The van der Waals surface area contributed by atoms with E-state index in [2.05, 4.69) is 6.92 Å². The molecule has 0 bridgehead atoms. The van der Waals surface area contributed by atoms with Crippen LogP contribution in [0.4, 0.5) is 0 Å². The number of ether oxygens (including phenoxy) is 2. The highest BCUT2D eigenvalue weighted by Gasteiger charge is 2.19. The van der Waals surface area contributed by atoms with Crippen molar-refractivity contribution < 1.29 is 14.3 Å². The van der Waals surface area contributed by atoms with Crippen LogP contribution in [0.5, 0.6) is 5.75 Å². The Morgan fingerprint density at radius 2 is 1.84 bits per heavy atom.